The fourth-order valence-electron chi connectivity index (χ4n) is 3.38. The van der Waals surface area contributed by atoms with Crippen LogP contribution in [-0.4, -0.2) is 20.0 Å². The summed E-state index contributed by atoms with van der Waals surface area (Å²) >= 11 is 0. The summed E-state index contributed by atoms with van der Waals surface area (Å²) in [5.74, 6) is 1.74. The Morgan fingerprint density at radius 2 is 1.44 bits per heavy atom. The first-order valence-corrected chi connectivity index (χ1v) is 8.62. The van der Waals surface area contributed by atoms with Crippen LogP contribution >= 0.6 is 0 Å². The Morgan fingerprint density at radius 3 is 1.92 bits per heavy atom. The highest BCUT2D eigenvalue weighted by molar-refractivity contribution is 5.83. The van der Waals surface area contributed by atoms with Gasteiger partial charge in [0.1, 0.15) is 17.3 Å². The summed E-state index contributed by atoms with van der Waals surface area (Å²) in [5, 5.41) is 0. The summed E-state index contributed by atoms with van der Waals surface area (Å²) in [4.78, 5) is 12.7. The van der Waals surface area contributed by atoms with Crippen molar-refractivity contribution < 1.29 is 19.0 Å². The van der Waals surface area contributed by atoms with Crippen LogP contribution in [0, 0.1) is 5.92 Å². The zero-order chi connectivity index (χ0) is 17.8. The zero-order valence-electron chi connectivity index (χ0n) is 14.9. The van der Waals surface area contributed by atoms with Crippen molar-refractivity contribution in [2.24, 2.45) is 5.92 Å². The Bertz CT molecular complexity index is 706. The molecule has 0 saturated carbocycles. The monoisotopic (exact) mass is 340 g/mol. The van der Waals surface area contributed by atoms with Crippen LogP contribution in [0.15, 0.2) is 48.5 Å². The number of carbonyl (C=O) groups excluding carboxylic acids is 1. The molecule has 2 aromatic carbocycles. The van der Waals surface area contributed by atoms with Gasteiger partial charge in [-0.1, -0.05) is 31.2 Å². The van der Waals surface area contributed by atoms with Crippen molar-refractivity contribution >= 4 is 5.78 Å². The van der Waals surface area contributed by atoms with Crippen LogP contribution in [0.1, 0.15) is 43.1 Å². The lowest BCUT2D eigenvalue weighted by molar-refractivity contribution is -0.148. The topological polar surface area (TPSA) is 44.8 Å². The lowest BCUT2D eigenvalue weighted by Gasteiger charge is -2.36. The van der Waals surface area contributed by atoms with Crippen LogP contribution in [0.3, 0.4) is 0 Å². The van der Waals surface area contributed by atoms with Crippen LogP contribution < -0.4 is 9.47 Å². The number of benzene rings is 2. The molecule has 4 nitrogen and oxygen atoms in total. The fourth-order valence-corrected chi connectivity index (χ4v) is 3.38. The molecule has 0 N–H and O–H groups in total. The van der Waals surface area contributed by atoms with Gasteiger partial charge >= 0.3 is 0 Å². The average Bonchev–Trinajstić information content (AvgIpc) is 2.67. The molecular weight excluding hydrogens is 316 g/mol. The summed E-state index contributed by atoms with van der Waals surface area (Å²) in [6.07, 6.45) is 0.722. The fraction of sp³-hybridized carbons (Fsp3) is 0.381. The predicted molar refractivity (Wildman–Crippen MR) is 96.0 cm³/mol. The van der Waals surface area contributed by atoms with E-state index in [2.05, 4.69) is 0 Å². The molecule has 132 valence electrons. The Morgan fingerprint density at radius 1 is 0.920 bits per heavy atom. The largest absolute Gasteiger partial charge is 0.497 e. The average molecular weight is 340 g/mol. The number of ether oxygens (including phenoxy) is 3. The standard InChI is InChI=1S/C21H24O4/c1-4-18-19(22)13-20(14-5-9-16(23-2)10-6-14)25-21(18)15-7-11-17(24-3)12-8-15/h5-12,18,20-21H,4,13H2,1-3H3. The molecule has 3 rings (SSSR count). The highest BCUT2D eigenvalue weighted by atomic mass is 16.5. The summed E-state index contributed by atoms with van der Waals surface area (Å²) in [5.41, 5.74) is 2.02. The van der Waals surface area contributed by atoms with E-state index in [1.54, 1.807) is 14.2 Å². The Labute approximate surface area is 148 Å². The SMILES string of the molecule is CCC1C(=O)CC(c2ccc(OC)cc2)OC1c1ccc(OC)cc1. The molecule has 1 heterocycles. The first kappa shape index (κ1) is 17.5. The minimum Gasteiger partial charge on any atom is -0.497 e. The number of methoxy groups -OCH3 is 2. The van der Waals surface area contributed by atoms with Gasteiger partial charge < -0.3 is 14.2 Å². The van der Waals surface area contributed by atoms with Crippen molar-refractivity contribution in [2.75, 3.05) is 14.2 Å². The third kappa shape index (κ3) is 3.69. The van der Waals surface area contributed by atoms with E-state index in [1.807, 2.05) is 55.5 Å². The van der Waals surface area contributed by atoms with Crippen molar-refractivity contribution in [3.63, 3.8) is 0 Å². The van der Waals surface area contributed by atoms with Crippen molar-refractivity contribution in [2.45, 2.75) is 32.0 Å². The van der Waals surface area contributed by atoms with Crippen LogP contribution in [0.5, 0.6) is 11.5 Å². The molecule has 0 spiro atoms. The van der Waals surface area contributed by atoms with Crippen LogP contribution in [-0.2, 0) is 9.53 Å². The summed E-state index contributed by atoms with van der Waals surface area (Å²) in [7, 11) is 3.28. The Hall–Kier alpha value is -2.33. The maximum Gasteiger partial charge on any atom is 0.141 e. The van der Waals surface area contributed by atoms with E-state index in [9.17, 15) is 4.79 Å². The molecule has 25 heavy (non-hydrogen) atoms. The molecule has 0 amide bonds. The smallest absolute Gasteiger partial charge is 0.141 e. The minimum atomic E-state index is -0.232. The lowest BCUT2D eigenvalue weighted by atomic mass is 9.83. The highest BCUT2D eigenvalue weighted by Gasteiger charge is 2.37. The van der Waals surface area contributed by atoms with E-state index in [0.717, 1.165) is 29.0 Å². The summed E-state index contributed by atoms with van der Waals surface area (Å²) in [6.45, 7) is 2.04. The van der Waals surface area contributed by atoms with Crippen molar-refractivity contribution in [3.05, 3.63) is 59.7 Å². The minimum absolute atomic E-state index is 0.108. The molecular formula is C21H24O4. The van der Waals surface area contributed by atoms with E-state index in [-0.39, 0.29) is 23.9 Å². The quantitative estimate of drug-likeness (QED) is 0.804. The molecule has 3 unspecified atom stereocenters. The zero-order valence-corrected chi connectivity index (χ0v) is 14.9. The second kappa shape index (κ2) is 7.70. The second-order valence-corrected chi connectivity index (χ2v) is 6.28. The Balaban J connectivity index is 1.87. The summed E-state index contributed by atoms with van der Waals surface area (Å²) in [6, 6.07) is 15.5. The first-order valence-electron chi connectivity index (χ1n) is 8.62. The number of hydrogen-bond acceptors (Lipinski definition) is 4. The number of ketones is 1. The van der Waals surface area contributed by atoms with Gasteiger partial charge in [-0.25, -0.2) is 0 Å². The predicted octanol–water partition coefficient (Wildman–Crippen LogP) is 4.50. The molecule has 0 aliphatic carbocycles. The van der Waals surface area contributed by atoms with Gasteiger partial charge in [0.25, 0.3) is 0 Å². The molecule has 0 radical (unpaired) electrons. The number of hydrogen-bond donors (Lipinski definition) is 0. The van der Waals surface area contributed by atoms with E-state index in [1.165, 1.54) is 0 Å². The van der Waals surface area contributed by atoms with Crippen molar-refractivity contribution in [3.8, 4) is 11.5 Å². The molecule has 3 atom stereocenters. The Kier molecular flexibility index (Phi) is 5.39. The van der Waals surface area contributed by atoms with Crippen LogP contribution in [0.2, 0.25) is 0 Å². The van der Waals surface area contributed by atoms with Crippen LogP contribution in [0.4, 0.5) is 0 Å². The molecule has 1 aliphatic rings. The van der Waals surface area contributed by atoms with Gasteiger partial charge in [-0.3, -0.25) is 4.79 Å². The van der Waals surface area contributed by atoms with Gasteiger partial charge in [0.2, 0.25) is 0 Å². The third-order valence-corrected chi connectivity index (χ3v) is 4.85. The maximum atomic E-state index is 12.7. The lowest BCUT2D eigenvalue weighted by Crippen LogP contribution is -2.32. The number of rotatable bonds is 5. The molecule has 0 aromatic heterocycles. The van der Waals surface area contributed by atoms with Crippen molar-refractivity contribution in [1.82, 2.24) is 0 Å². The van der Waals surface area contributed by atoms with Gasteiger partial charge in [-0.15, -0.1) is 0 Å². The molecule has 0 bridgehead atoms. The molecule has 1 saturated heterocycles. The first-order chi connectivity index (χ1) is 12.2. The van der Waals surface area contributed by atoms with Crippen LogP contribution in [0.25, 0.3) is 0 Å². The third-order valence-electron chi connectivity index (χ3n) is 4.85. The van der Waals surface area contributed by atoms with Gasteiger partial charge in [0.15, 0.2) is 0 Å². The number of Topliss-reactive ketones (excluding diaryl/α,β-unsaturated/α-hetero) is 1. The molecule has 1 aliphatic heterocycles. The van der Waals surface area contributed by atoms with E-state index < -0.39 is 0 Å². The molecule has 4 heteroatoms. The maximum absolute atomic E-state index is 12.7. The normalized spacial score (nSPS) is 23.3. The summed E-state index contributed by atoms with van der Waals surface area (Å²) < 4.78 is 16.8. The molecule has 2 aromatic rings. The van der Waals surface area contributed by atoms with E-state index in [4.69, 9.17) is 14.2 Å². The van der Waals surface area contributed by atoms with E-state index in [0.29, 0.717) is 6.42 Å². The number of carbonyl (C=O) groups is 1. The van der Waals surface area contributed by atoms with E-state index >= 15 is 0 Å². The second-order valence-electron chi connectivity index (χ2n) is 6.28. The van der Waals surface area contributed by atoms with Gasteiger partial charge in [0, 0.05) is 12.3 Å². The van der Waals surface area contributed by atoms with Gasteiger partial charge in [-0.05, 0) is 41.8 Å². The highest BCUT2D eigenvalue weighted by Crippen LogP contribution is 2.42. The van der Waals surface area contributed by atoms with Crippen molar-refractivity contribution in [1.29, 1.82) is 0 Å². The molecule has 1 fully saturated rings. The van der Waals surface area contributed by atoms with Gasteiger partial charge in [0.05, 0.1) is 26.4 Å². The van der Waals surface area contributed by atoms with Gasteiger partial charge in [-0.2, -0.15) is 0 Å².